The van der Waals surface area contributed by atoms with Gasteiger partial charge in [-0.25, -0.2) is 4.98 Å². The predicted octanol–water partition coefficient (Wildman–Crippen LogP) is 5.60. The molecule has 174 valence electrons. The summed E-state index contributed by atoms with van der Waals surface area (Å²) in [6.07, 6.45) is 1.96. The molecule has 1 N–H and O–H groups in total. The van der Waals surface area contributed by atoms with E-state index in [1.54, 1.807) is 6.20 Å². The van der Waals surface area contributed by atoms with Gasteiger partial charge in [0.25, 0.3) is 0 Å². The Hall–Kier alpha value is -3.71. The number of aromatic nitrogens is 2. The number of carbonyl (C=O) groups is 1. The number of amides is 1. The maximum absolute atomic E-state index is 12.7. The lowest BCUT2D eigenvalue weighted by Crippen LogP contribution is -2.28. The zero-order chi connectivity index (χ0) is 23.8. The number of carbonyl (C=O) groups excluding carboxylic acids is 1. The Kier molecular flexibility index (Phi) is 7.88. The second-order valence-electron chi connectivity index (χ2n) is 7.72. The smallest absolute Gasteiger partial charge is 0.226 e. The van der Waals surface area contributed by atoms with Crippen LogP contribution in [0.15, 0.2) is 78.3 Å². The van der Waals surface area contributed by atoms with Crippen LogP contribution in [0.5, 0.6) is 11.5 Å². The normalized spacial score (nSPS) is 11.6. The van der Waals surface area contributed by atoms with Crippen molar-refractivity contribution in [2.24, 2.45) is 0 Å². The van der Waals surface area contributed by atoms with E-state index in [1.165, 1.54) is 11.3 Å². The van der Waals surface area contributed by atoms with E-state index in [1.807, 2.05) is 86.0 Å². The molecule has 2 aromatic carbocycles. The minimum atomic E-state index is -0.164. The van der Waals surface area contributed by atoms with E-state index >= 15 is 0 Å². The van der Waals surface area contributed by atoms with Crippen LogP contribution in [-0.4, -0.2) is 22.5 Å². The second-order valence-corrected chi connectivity index (χ2v) is 8.58. The first-order valence-electron chi connectivity index (χ1n) is 11.2. The molecule has 0 spiro atoms. The molecule has 4 aromatic rings. The molecule has 0 radical (unpaired) electrons. The number of nitrogens with zero attached hydrogens (tertiary/aromatic N) is 2. The van der Waals surface area contributed by atoms with Crippen LogP contribution in [0.25, 0.3) is 10.6 Å². The van der Waals surface area contributed by atoms with Crippen LogP contribution in [0.3, 0.4) is 0 Å². The van der Waals surface area contributed by atoms with Crippen LogP contribution in [0, 0.1) is 0 Å². The highest BCUT2D eigenvalue weighted by molar-refractivity contribution is 7.13. The van der Waals surface area contributed by atoms with E-state index in [2.05, 4.69) is 15.3 Å². The molecule has 0 saturated carbocycles. The van der Waals surface area contributed by atoms with E-state index in [4.69, 9.17) is 9.47 Å². The number of ether oxygens (including phenoxy) is 2. The van der Waals surface area contributed by atoms with Crippen molar-refractivity contribution in [3.8, 4) is 22.1 Å². The number of pyridine rings is 1. The molecule has 1 atom stereocenters. The Labute approximate surface area is 203 Å². The van der Waals surface area contributed by atoms with Gasteiger partial charge in [-0.15, -0.1) is 11.3 Å². The third kappa shape index (κ3) is 6.20. The van der Waals surface area contributed by atoms with Gasteiger partial charge in [0.05, 0.1) is 36.0 Å². The standard InChI is InChI=1S/C27H27N3O3S/c1-3-32-25-13-5-4-12-24(25)27-30-22(18-34-27)16-26(31)29-19(2)20-9-8-11-23(15-20)33-17-21-10-6-7-14-28-21/h4-15,18-19H,3,16-17H2,1-2H3,(H,29,31). The minimum Gasteiger partial charge on any atom is -0.493 e. The summed E-state index contributed by atoms with van der Waals surface area (Å²) in [4.78, 5) is 21.6. The van der Waals surface area contributed by atoms with Crippen molar-refractivity contribution in [3.63, 3.8) is 0 Å². The number of para-hydroxylation sites is 1. The van der Waals surface area contributed by atoms with Gasteiger partial charge in [0.1, 0.15) is 23.1 Å². The average Bonchev–Trinajstić information content (AvgIpc) is 3.32. The van der Waals surface area contributed by atoms with Crippen LogP contribution < -0.4 is 14.8 Å². The summed E-state index contributed by atoms with van der Waals surface area (Å²) in [5.74, 6) is 1.46. The number of thiazole rings is 1. The summed E-state index contributed by atoms with van der Waals surface area (Å²) >= 11 is 1.51. The zero-order valence-electron chi connectivity index (χ0n) is 19.2. The highest BCUT2D eigenvalue weighted by Gasteiger charge is 2.15. The van der Waals surface area contributed by atoms with E-state index in [0.29, 0.717) is 13.2 Å². The van der Waals surface area contributed by atoms with Crippen LogP contribution >= 0.6 is 11.3 Å². The van der Waals surface area contributed by atoms with Crippen molar-refractivity contribution < 1.29 is 14.3 Å². The van der Waals surface area contributed by atoms with Gasteiger partial charge in [-0.2, -0.15) is 0 Å². The first kappa shape index (κ1) is 23.4. The minimum absolute atomic E-state index is 0.0812. The van der Waals surface area contributed by atoms with Crippen molar-refractivity contribution >= 4 is 17.2 Å². The average molecular weight is 474 g/mol. The van der Waals surface area contributed by atoms with Crippen LogP contribution in [0.1, 0.15) is 36.8 Å². The molecule has 2 aromatic heterocycles. The number of benzene rings is 2. The van der Waals surface area contributed by atoms with E-state index in [0.717, 1.165) is 39.0 Å². The van der Waals surface area contributed by atoms with E-state index in [-0.39, 0.29) is 18.4 Å². The summed E-state index contributed by atoms with van der Waals surface area (Å²) in [6, 6.07) is 21.1. The van der Waals surface area contributed by atoms with Gasteiger partial charge in [0.2, 0.25) is 5.91 Å². The maximum Gasteiger partial charge on any atom is 0.226 e. The fourth-order valence-corrected chi connectivity index (χ4v) is 4.34. The molecule has 2 heterocycles. The lowest BCUT2D eigenvalue weighted by Gasteiger charge is -2.15. The number of nitrogens with one attached hydrogen (secondary N) is 1. The molecular formula is C27H27N3O3S. The van der Waals surface area contributed by atoms with Gasteiger partial charge >= 0.3 is 0 Å². The predicted molar refractivity (Wildman–Crippen MR) is 134 cm³/mol. The van der Waals surface area contributed by atoms with Gasteiger partial charge in [-0.1, -0.05) is 30.3 Å². The first-order valence-corrected chi connectivity index (χ1v) is 12.1. The van der Waals surface area contributed by atoms with Crippen LogP contribution in [0.2, 0.25) is 0 Å². The highest BCUT2D eigenvalue weighted by Crippen LogP contribution is 2.32. The number of rotatable bonds is 10. The van der Waals surface area contributed by atoms with Crippen molar-refractivity contribution in [2.75, 3.05) is 6.61 Å². The summed E-state index contributed by atoms with van der Waals surface area (Å²) in [5, 5.41) is 5.83. The first-order chi connectivity index (χ1) is 16.6. The molecule has 0 saturated heterocycles. The van der Waals surface area contributed by atoms with E-state index < -0.39 is 0 Å². The van der Waals surface area contributed by atoms with Gasteiger partial charge in [0, 0.05) is 11.6 Å². The molecular weight excluding hydrogens is 446 g/mol. The Morgan fingerprint density at radius 3 is 2.71 bits per heavy atom. The monoisotopic (exact) mass is 473 g/mol. The number of hydrogen-bond donors (Lipinski definition) is 1. The Balaban J connectivity index is 1.35. The molecule has 7 heteroatoms. The van der Waals surface area contributed by atoms with Crippen LogP contribution in [-0.2, 0) is 17.8 Å². The second kappa shape index (κ2) is 11.4. The molecule has 1 amide bonds. The third-order valence-electron chi connectivity index (χ3n) is 5.16. The molecule has 34 heavy (non-hydrogen) atoms. The Morgan fingerprint density at radius 1 is 1.03 bits per heavy atom. The van der Waals surface area contributed by atoms with Gasteiger partial charge < -0.3 is 14.8 Å². The SMILES string of the molecule is CCOc1ccccc1-c1nc(CC(=O)NC(C)c2cccc(OCc3ccccn3)c2)cs1. The van der Waals surface area contributed by atoms with Crippen LogP contribution in [0.4, 0.5) is 0 Å². The zero-order valence-corrected chi connectivity index (χ0v) is 20.0. The van der Waals surface area contributed by atoms with Gasteiger partial charge in [0.15, 0.2) is 0 Å². The summed E-state index contributed by atoms with van der Waals surface area (Å²) in [7, 11) is 0. The van der Waals surface area contributed by atoms with Crippen molar-refractivity contribution in [1.29, 1.82) is 0 Å². The lowest BCUT2D eigenvalue weighted by atomic mass is 10.1. The van der Waals surface area contributed by atoms with Crippen molar-refractivity contribution in [1.82, 2.24) is 15.3 Å². The molecule has 0 bridgehead atoms. The van der Waals surface area contributed by atoms with Gasteiger partial charge in [-0.3, -0.25) is 9.78 Å². The molecule has 6 nitrogen and oxygen atoms in total. The quantitative estimate of drug-likeness (QED) is 0.324. The molecule has 4 rings (SSSR count). The highest BCUT2D eigenvalue weighted by atomic mass is 32.1. The van der Waals surface area contributed by atoms with Crippen molar-refractivity contribution in [3.05, 3.63) is 95.3 Å². The third-order valence-corrected chi connectivity index (χ3v) is 6.08. The Bertz CT molecular complexity index is 1230. The summed E-state index contributed by atoms with van der Waals surface area (Å²) in [5.41, 5.74) is 3.51. The van der Waals surface area contributed by atoms with Gasteiger partial charge in [-0.05, 0) is 55.8 Å². The summed E-state index contributed by atoms with van der Waals surface area (Å²) in [6.45, 7) is 4.90. The number of hydrogen-bond acceptors (Lipinski definition) is 6. The lowest BCUT2D eigenvalue weighted by molar-refractivity contribution is -0.121. The fraction of sp³-hybridized carbons (Fsp3) is 0.222. The van der Waals surface area contributed by atoms with Crippen molar-refractivity contribution in [2.45, 2.75) is 32.9 Å². The largest absolute Gasteiger partial charge is 0.493 e. The molecule has 0 fully saturated rings. The molecule has 0 aliphatic carbocycles. The van der Waals surface area contributed by atoms with E-state index in [9.17, 15) is 4.79 Å². The molecule has 1 unspecified atom stereocenters. The maximum atomic E-state index is 12.7. The Morgan fingerprint density at radius 2 is 1.88 bits per heavy atom. The molecule has 0 aliphatic rings. The topological polar surface area (TPSA) is 73.3 Å². The summed E-state index contributed by atoms with van der Waals surface area (Å²) < 4.78 is 11.6. The fourth-order valence-electron chi connectivity index (χ4n) is 3.49. The molecule has 0 aliphatic heterocycles.